The third-order valence-corrected chi connectivity index (χ3v) is 3.72. The van der Waals surface area contributed by atoms with Crippen LogP contribution in [0.5, 0.6) is 0 Å². The fraction of sp³-hybridized carbons (Fsp3) is 0.625. The second kappa shape index (κ2) is 8.57. The maximum Gasteiger partial charge on any atom is 0.0546 e. The fourth-order valence-corrected chi connectivity index (χ4v) is 2.39. The van der Waals surface area contributed by atoms with E-state index >= 15 is 0 Å². The van der Waals surface area contributed by atoms with E-state index in [9.17, 15) is 0 Å². The normalized spacial score (nSPS) is 14.6. The highest BCUT2D eigenvalue weighted by Gasteiger charge is 2.15. The Morgan fingerprint density at radius 2 is 1.89 bits per heavy atom. The van der Waals surface area contributed by atoms with E-state index in [1.807, 2.05) is 18.2 Å². The number of nitrogens with one attached hydrogen (secondary N) is 1. The smallest absolute Gasteiger partial charge is 0.0546 e. The molecule has 0 heterocycles. The summed E-state index contributed by atoms with van der Waals surface area (Å²) < 4.78 is 5.39. The van der Waals surface area contributed by atoms with Gasteiger partial charge in [0.05, 0.1) is 6.10 Å². The van der Waals surface area contributed by atoms with E-state index < -0.39 is 0 Å². The molecule has 108 valence electrons. The summed E-state index contributed by atoms with van der Waals surface area (Å²) in [6, 6.07) is 8.61. The largest absolute Gasteiger partial charge is 0.382 e. The molecule has 1 aromatic rings. The first-order valence-corrected chi connectivity index (χ1v) is 7.40. The monoisotopic (exact) mass is 283 g/mol. The van der Waals surface area contributed by atoms with E-state index in [2.05, 4.69) is 32.2 Å². The van der Waals surface area contributed by atoms with Crippen LogP contribution in [-0.2, 0) is 11.2 Å². The first-order valence-electron chi connectivity index (χ1n) is 7.02. The minimum atomic E-state index is 0.279. The topological polar surface area (TPSA) is 21.3 Å². The zero-order valence-corrected chi connectivity index (χ0v) is 13.2. The molecule has 0 radical (unpaired) electrons. The SMILES string of the molecule is COC(C)CC(CNC(C)C)Cc1ccccc1Cl. The molecule has 0 aliphatic carbocycles. The molecule has 1 rings (SSSR count). The van der Waals surface area contributed by atoms with Gasteiger partial charge < -0.3 is 10.1 Å². The first-order chi connectivity index (χ1) is 9.02. The predicted molar refractivity (Wildman–Crippen MR) is 82.9 cm³/mol. The van der Waals surface area contributed by atoms with Crippen LogP contribution in [0.2, 0.25) is 5.02 Å². The average Bonchev–Trinajstić information content (AvgIpc) is 2.38. The molecule has 0 amide bonds. The zero-order chi connectivity index (χ0) is 14.3. The summed E-state index contributed by atoms with van der Waals surface area (Å²) in [7, 11) is 1.77. The van der Waals surface area contributed by atoms with Crippen molar-refractivity contribution >= 4 is 11.6 Å². The molecule has 0 saturated carbocycles. The molecular weight excluding hydrogens is 258 g/mol. The maximum absolute atomic E-state index is 6.25. The standard InChI is InChI=1S/C16H26ClNO/c1-12(2)18-11-14(9-13(3)19-4)10-15-7-5-6-8-16(15)17/h5-8,12-14,18H,9-11H2,1-4H3. The van der Waals surface area contributed by atoms with E-state index in [1.165, 1.54) is 5.56 Å². The Morgan fingerprint density at radius 3 is 2.47 bits per heavy atom. The van der Waals surface area contributed by atoms with Crippen molar-refractivity contribution in [3.63, 3.8) is 0 Å². The highest BCUT2D eigenvalue weighted by atomic mass is 35.5. The first kappa shape index (κ1) is 16.5. The van der Waals surface area contributed by atoms with E-state index in [0.29, 0.717) is 12.0 Å². The minimum absolute atomic E-state index is 0.279. The molecular formula is C16H26ClNO. The summed E-state index contributed by atoms with van der Waals surface area (Å²) in [5, 5.41) is 4.38. The maximum atomic E-state index is 6.25. The summed E-state index contributed by atoms with van der Waals surface area (Å²) in [6.45, 7) is 7.46. The van der Waals surface area contributed by atoms with E-state index in [1.54, 1.807) is 7.11 Å². The Kier molecular flexibility index (Phi) is 7.44. The van der Waals surface area contributed by atoms with Gasteiger partial charge in [0.25, 0.3) is 0 Å². The third kappa shape index (κ3) is 6.42. The lowest BCUT2D eigenvalue weighted by Gasteiger charge is -2.22. The molecule has 0 fully saturated rings. The van der Waals surface area contributed by atoms with Crippen molar-refractivity contribution < 1.29 is 4.74 Å². The lowest BCUT2D eigenvalue weighted by Crippen LogP contribution is -2.31. The molecule has 0 bridgehead atoms. The van der Waals surface area contributed by atoms with Gasteiger partial charge in [0.15, 0.2) is 0 Å². The average molecular weight is 284 g/mol. The highest BCUT2D eigenvalue weighted by molar-refractivity contribution is 6.31. The van der Waals surface area contributed by atoms with Gasteiger partial charge in [-0.1, -0.05) is 43.6 Å². The van der Waals surface area contributed by atoms with Gasteiger partial charge in [-0.3, -0.25) is 0 Å². The number of methoxy groups -OCH3 is 1. The van der Waals surface area contributed by atoms with Crippen molar-refractivity contribution in [3.05, 3.63) is 34.9 Å². The van der Waals surface area contributed by atoms with E-state index in [4.69, 9.17) is 16.3 Å². The fourth-order valence-electron chi connectivity index (χ4n) is 2.18. The summed E-state index contributed by atoms with van der Waals surface area (Å²) in [4.78, 5) is 0. The molecule has 2 nitrogen and oxygen atoms in total. The molecule has 0 saturated heterocycles. The molecule has 0 aliphatic rings. The predicted octanol–water partition coefficient (Wildman–Crippen LogP) is 3.92. The summed E-state index contributed by atoms with van der Waals surface area (Å²) in [6.07, 6.45) is 2.32. The number of benzene rings is 1. The summed E-state index contributed by atoms with van der Waals surface area (Å²) in [5.74, 6) is 0.539. The van der Waals surface area contributed by atoms with Gasteiger partial charge in [0.2, 0.25) is 0 Å². The van der Waals surface area contributed by atoms with Crippen LogP contribution in [0.15, 0.2) is 24.3 Å². The Morgan fingerprint density at radius 1 is 1.21 bits per heavy atom. The van der Waals surface area contributed by atoms with Crippen molar-refractivity contribution in [1.29, 1.82) is 0 Å². The lowest BCUT2D eigenvalue weighted by atomic mass is 9.93. The lowest BCUT2D eigenvalue weighted by molar-refractivity contribution is 0.0942. The van der Waals surface area contributed by atoms with Gasteiger partial charge in [0.1, 0.15) is 0 Å². The molecule has 1 N–H and O–H groups in total. The molecule has 19 heavy (non-hydrogen) atoms. The van der Waals surface area contributed by atoms with Gasteiger partial charge in [-0.25, -0.2) is 0 Å². The second-order valence-electron chi connectivity index (χ2n) is 5.51. The molecule has 0 aliphatic heterocycles. The Balaban J connectivity index is 2.64. The molecule has 1 aromatic carbocycles. The van der Waals surface area contributed by atoms with Crippen LogP contribution in [0.1, 0.15) is 32.8 Å². The minimum Gasteiger partial charge on any atom is -0.382 e. The molecule has 0 spiro atoms. The van der Waals surface area contributed by atoms with Gasteiger partial charge in [-0.2, -0.15) is 0 Å². The molecule has 0 aromatic heterocycles. The van der Waals surface area contributed by atoms with E-state index in [-0.39, 0.29) is 6.10 Å². The third-order valence-electron chi connectivity index (χ3n) is 3.35. The number of hydrogen-bond donors (Lipinski definition) is 1. The van der Waals surface area contributed by atoms with Gasteiger partial charge in [0, 0.05) is 18.2 Å². The van der Waals surface area contributed by atoms with Crippen molar-refractivity contribution in [2.24, 2.45) is 5.92 Å². The Bertz CT molecular complexity index is 368. The van der Waals surface area contributed by atoms with Crippen LogP contribution in [0, 0.1) is 5.92 Å². The number of ether oxygens (including phenoxy) is 1. The quantitative estimate of drug-likeness (QED) is 0.781. The van der Waals surface area contributed by atoms with Crippen molar-refractivity contribution in [2.75, 3.05) is 13.7 Å². The zero-order valence-electron chi connectivity index (χ0n) is 12.4. The van der Waals surface area contributed by atoms with Gasteiger partial charge >= 0.3 is 0 Å². The molecule has 2 atom stereocenters. The van der Waals surface area contributed by atoms with Crippen LogP contribution < -0.4 is 5.32 Å². The van der Waals surface area contributed by atoms with E-state index in [0.717, 1.165) is 24.4 Å². The van der Waals surface area contributed by atoms with Crippen LogP contribution in [0.4, 0.5) is 0 Å². The van der Waals surface area contributed by atoms with Crippen molar-refractivity contribution in [1.82, 2.24) is 5.32 Å². The number of halogens is 1. The van der Waals surface area contributed by atoms with Crippen LogP contribution in [0.3, 0.4) is 0 Å². The van der Waals surface area contributed by atoms with Gasteiger partial charge in [-0.15, -0.1) is 0 Å². The number of rotatable bonds is 8. The highest BCUT2D eigenvalue weighted by Crippen LogP contribution is 2.21. The summed E-state index contributed by atoms with van der Waals surface area (Å²) >= 11 is 6.25. The van der Waals surface area contributed by atoms with Gasteiger partial charge in [-0.05, 0) is 43.9 Å². The second-order valence-corrected chi connectivity index (χ2v) is 5.91. The number of hydrogen-bond acceptors (Lipinski definition) is 2. The van der Waals surface area contributed by atoms with Crippen LogP contribution in [-0.4, -0.2) is 25.8 Å². The van der Waals surface area contributed by atoms with Crippen LogP contribution >= 0.6 is 11.6 Å². The molecule has 3 heteroatoms. The Labute approximate surface area is 122 Å². The Hall–Kier alpha value is -0.570. The summed E-state index contributed by atoms with van der Waals surface area (Å²) in [5.41, 5.74) is 1.23. The molecule has 2 unspecified atom stereocenters. The van der Waals surface area contributed by atoms with Crippen molar-refractivity contribution in [3.8, 4) is 0 Å². The van der Waals surface area contributed by atoms with Crippen molar-refractivity contribution in [2.45, 2.75) is 45.8 Å². The van der Waals surface area contributed by atoms with Crippen LogP contribution in [0.25, 0.3) is 0 Å².